The zero-order chi connectivity index (χ0) is 19.1. The van der Waals surface area contributed by atoms with Crippen molar-refractivity contribution in [1.29, 1.82) is 0 Å². The van der Waals surface area contributed by atoms with Crippen molar-refractivity contribution in [2.45, 2.75) is 17.9 Å². The van der Waals surface area contributed by atoms with Gasteiger partial charge in [-0.05, 0) is 36.4 Å². The van der Waals surface area contributed by atoms with Gasteiger partial charge in [-0.15, -0.1) is 11.8 Å². The number of amides is 1. The Bertz CT molecular complexity index is 953. The van der Waals surface area contributed by atoms with Crippen LogP contribution in [0.5, 0.6) is 0 Å². The van der Waals surface area contributed by atoms with E-state index in [1.54, 1.807) is 17.8 Å². The lowest BCUT2D eigenvalue weighted by atomic mass is 10.1. The average molecular weight is 379 g/mol. The molecule has 0 aliphatic carbocycles. The third-order valence-electron chi connectivity index (χ3n) is 4.12. The Kier molecular flexibility index (Phi) is 6.44. The molecular weight excluding hydrogens is 358 g/mol. The van der Waals surface area contributed by atoms with Crippen LogP contribution < -0.4 is 10.9 Å². The van der Waals surface area contributed by atoms with Gasteiger partial charge in [-0.3, -0.25) is 9.59 Å². The maximum atomic E-state index is 12.2. The molecule has 0 atom stereocenters. The van der Waals surface area contributed by atoms with Crippen molar-refractivity contribution in [1.82, 2.24) is 15.1 Å². The molecule has 0 aliphatic rings. The number of carbonyl (C=O) groups excluding carboxylic acids is 1. The number of benzene rings is 2. The molecule has 0 radical (unpaired) electrons. The highest BCUT2D eigenvalue weighted by Gasteiger charge is 2.08. The minimum atomic E-state index is -0.294. The molecule has 27 heavy (non-hydrogen) atoms. The van der Waals surface area contributed by atoms with Gasteiger partial charge < -0.3 is 5.32 Å². The van der Waals surface area contributed by atoms with Crippen LogP contribution in [0.4, 0.5) is 0 Å². The van der Waals surface area contributed by atoms with E-state index in [0.717, 1.165) is 22.4 Å². The van der Waals surface area contributed by atoms with Gasteiger partial charge in [0.05, 0.1) is 5.69 Å². The molecule has 0 fully saturated rings. The lowest BCUT2D eigenvalue weighted by Gasteiger charge is -2.09. The molecule has 1 aromatic heterocycles. The van der Waals surface area contributed by atoms with Crippen LogP contribution in [0.25, 0.3) is 11.3 Å². The van der Waals surface area contributed by atoms with Gasteiger partial charge in [-0.2, -0.15) is 5.10 Å². The zero-order valence-corrected chi connectivity index (χ0v) is 15.9. The standard InChI is InChI=1S/C21H21N3O2S/c1-27-18-9-7-17(8-10-18)19-11-12-21(26)24(23-19)15-20(25)22-14-13-16-5-3-2-4-6-16/h2-12H,13-15H2,1H3,(H,22,25). The van der Waals surface area contributed by atoms with E-state index < -0.39 is 0 Å². The topological polar surface area (TPSA) is 64.0 Å². The Morgan fingerprint density at radius 3 is 2.48 bits per heavy atom. The third-order valence-corrected chi connectivity index (χ3v) is 4.87. The summed E-state index contributed by atoms with van der Waals surface area (Å²) in [6.07, 6.45) is 2.76. The fourth-order valence-electron chi connectivity index (χ4n) is 2.66. The Morgan fingerprint density at radius 2 is 1.78 bits per heavy atom. The second-order valence-electron chi connectivity index (χ2n) is 6.03. The van der Waals surface area contributed by atoms with Gasteiger partial charge in [0.15, 0.2) is 0 Å². The molecule has 0 aliphatic heterocycles. The quantitative estimate of drug-likeness (QED) is 0.641. The minimum Gasteiger partial charge on any atom is -0.354 e. The van der Waals surface area contributed by atoms with Gasteiger partial charge in [-0.1, -0.05) is 42.5 Å². The van der Waals surface area contributed by atoms with Crippen LogP contribution in [-0.4, -0.2) is 28.5 Å². The highest BCUT2D eigenvalue weighted by Crippen LogP contribution is 2.20. The summed E-state index contributed by atoms with van der Waals surface area (Å²) < 4.78 is 1.20. The third kappa shape index (κ3) is 5.31. The summed E-state index contributed by atoms with van der Waals surface area (Å²) in [5, 5.41) is 7.18. The number of hydrogen-bond acceptors (Lipinski definition) is 4. The van der Waals surface area contributed by atoms with Gasteiger partial charge in [0, 0.05) is 23.1 Å². The van der Waals surface area contributed by atoms with Crippen LogP contribution in [0, 0.1) is 0 Å². The Morgan fingerprint density at radius 1 is 1.04 bits per heavy atom. The first-order valence-electron chi connectivity index (χ1n) is 8.69. The van der Waals surface area contributed by atoms with Crippen LogP contribution in [0.3, 0.4) is 0 Å². The second kappa shape index (κ2) is 9.19. The lowest BCUT2D eigenvalue weighted by Crippen LogP contribution is -2.34. The van der Waals surface area contributed by atoms with Crippen LogP contribution in [0.1, 0.15) is 5.56 Å². The molecule has 0 saturated carbocycles. The molecule has 6 heteroatoms. The van der Waals surface area contributed by atoms with E-state index in [4.69, 9.17) is 0 Å². The molecule has 138 valence electrons. The zero-order valence-electron chi connectivity index (χ0n) is 15.1. The predicted octanol–water partition coefficient (Wildman–Crippen LogP) is 2.99. The first-order valence-corrected chi connectivity index (χ1v) is 9.91. The number of nitrogens with zero attached hydrogens (tertiary/aromatic N) is 2. The number of aromatic nitrogens is 2. The molecular formula is C21H21N3O2S. The van der Waals surface area contributed by atoms with Crippen molar-refractivity contribution < 1.29 is 4.79 Å². The number of carbonyl (C=O) groups is 1. The highest BCUT2D eigenvalue weighted by atomic mass is 32.2. The maximum absolute atomic E-state index is 12.2. The van der Waals surface area contributed by atoms with Crippen LogP contribution in [0.2, 0.25) is 0 Å². The molecule has 2 aromatic carbocycles. The molecule has 3 rings (SSSR count). The number of nitrogens with one attached hydrogen (secondary N) is 1. The van der Waals surface area contributed by atoms with Gasteiger partial charge in [0.1, 0.15) is 6.54 Å². The summed E-state index contributed by atoms with van der Waals surface area (Å²) in [5.74, 6) is -0.226. The SMILES string of the molecule is CSc1ccc(-c2ccc(=O)n(CC(=O)NCCc3ccccc3)n2)cc1. The molecule has 0 unspecified atom stereocenters. The number of hydrogen-bond donors (Lipinski definition) is 1. The fraction of sp³-hybridized carbons (Fsp3) is 0.190. The van der Waals surface area contributed by atoms with Crippen molar-refractivity contribution in [2.24, 2.45) is 0 Å². The lowest BCUT2D eigenvalue weighted by molar-refractivity contribution is -0.121. The molecule has 0 spiro atoms. The van der Waals surface area contributed by atoms with Crippen molar-refractivity contribution in [3.05, 3.63) is 82.6 Å². The van der Waals surface area contributed by atoms with E-state index in [1.807, 2.05) is 60.9 Å². The molecule has 3 aromatic rings. The largest absolute Gasteiger partial charge is 0.354 e. The van der Waals surface area contributed by atoms with Crippen molar-refractivity contribution >= 4 is 17.7 Å². The molecule has 1 heterocycles. The number of thioether (sulfide) groups is 1. The summed E-state index contributed by atoms with van der Waals surface area (Å²) in [6.45, 7) is 0.428. The normalized spacial score (nSPS) is 10.6. The van der Waals surface area contributed by atoms with E-state index in [0.29, 0.717) is 12.2 Å². The highest BCUT2D eigenvalue weighted by molar-refractivity contribution is 7.98. The van der Waals surface area contributed by atoms with Crippen LogP contribution in [-0.2, 0) is 17.8 Å². The van der Waals surface area contributed by atoms with Crippen LogP contribution >= 0.6 is 11.8 Å². The summed E-state index contributed by atoms with van der Waals surface area (Å²) in [4.78, 5) is 25.4. The van der Waals surface area contributed by atoms with Crippen LogP contribution in [0.15, 0.2) is 76.4 Å². The predicted molar refractivity (Wildman–Crippen MR) is 109 cm³/mol. The smallest absolute Gasteiger partial charge is 0.267 e. The first kappa shape index (κ1) is 18.9. The monoisotopic (exact) mass is 379 g/mol. The Labute approximate surface area is 162 Å². The van der Waals surface area contributed by atoms with Gasteiger partial charge in [-0.25, -0.2) is 4.68 Å². The van der Waals surface area contributed by atoms with Crippen molar-refractivity contribution in [3.63, 3.8) is 0 Å². The van der Waals surface area contributed by atoms with Crippen molar-refractivity contribution in [2.75, 3.05) is 12.8 Å². The van der Waals surface area contributed by atoms with E-state index in [-0.39, 0.29) is 18.0 Å². The maximum Gasteiger partial charge on any atom is 0.267 e. The molecule has 0 bridgehead atoms. The van der Waals surface area contributed by atoms with Gasteiger partial charge >= 0.3 is 0 Å². The van der Waals surface area contributed by atoms with E-state index >= 15 is 0 Å². The number of rotatable bonds is 7. The Hall–Kier alpha value is -2.86. The first-order chi connectivity index (χ1) is 13.2. The van der Waals surface area contributed by atoms with E-state index in [2.05, 4.69) is 10.4 Å². The minimum absolute atomic E-state index is 0.0929. The molecule has 0 saturated heterocycles. The fourth-order valence-corrected chi connectivity index (χ4v) is 3.07. The van der Waals surface area contributed by atoms with E-state index in [1.165, 1.54) is 10.7 Å². The van der Waals surface area contributed by atoms with Gasteiger partial charge in [0.2, 0.25) is 5.91 Å². The second-order valence-corrected chi connectivity index (χ2v) is 6.91. The van der Waals surface area contributed by atoms with Gasteiger partial charge in [0.25, 0.3) is 5.56 Å². The summed E-state index contributed by atoms with van der Waals surface area (Å²) in [5.41, 5.74) is 2.44. The van der Waals surface area contributed by atoms with E-state index in [9.17, 15) is 9.59 Å². The molecule has 5 nitrogen and oxygen atoms in total. The molecule has 1 N–H and O–H groups in total. The molecule has 1 amide bonds. The summed E-state index contributed by atoms with van der Waals surface area (Å²) >= 11 is 1.66. The summed E-state index contributed by atoms with van der Waals surface area (Å²) in [7, 11) is 0. The average Bonchev–Trinajstić information content (AvgIpc) is 2.70. The Balaban J connectivity index is 1.63. The van der Waals surface area contributed by atoms with Crippen molar-refractivity contribution in [3.8, 4) is 11.3 Å². The summed E-state index contributed by atoms with van der Waals surface area (Å²) in [6, 6.07) is 21.0.